The van der Waals surface area contributed by atoms with Crippen molar-refractivity contribution in [1.82, 2.24) is 20.2 Å². The van der Waals surface area contributed by atoms with Crippen LogP contribution in [0.1, 0.15) is 38.4 Å². The Labute approximate surface area is 135 Å². The van der Waals surface area contributed by atoms with Crippen molar-refractivity contribution in [3.63, 3.8) is 0 Å². The van der Waals surface area contributed by atoms with Crippen LogP contribution >= 0.6 is 0 Å². The monoisotopic (exact) mass is 325 g/mol. The molecule has 1 aliphatic rings. The van der Waals surface area contributed by atoms with Gasteiger partial charge in [0.05, 0.1) is 6.54 Å². The van der Waals surface area contributed by atoms with Crippen LogP contribution in [0.25, 0.3) is 0 Å². The van der Waals surface area contributed by atoms with E-state index in [0.717, 1.165) is 43.2 Å². The van der Waals surface area contributed by atoms with Crippen LogP contribution in [0, 0.1) is 0 Å². The number of aliphatic imine (C=N–C) groups is 1. The third-order valence-electron chi connectivity index (χ3n) is 4.18. The van der Waals surface area contributed by atoms with Crippen LogP contribution in [-0.2, 0) is 24.4 Å². The SMILES string of the molecule is CCS(=O)C1CCCC(NC(=NC)NCc2nccn2C)C1. The van der Waals surface area contributed by atoms with Gasteiger partial charge < -0.3 is 15.2 Å². The van der Waals surface area contributed by atoms with Crippen LogP contribution in [0.4, 0.5) is 0 Å². The van der Waals surface area contributed by atoms with E-state index >= 15 is 0 Å². The van der Waals surface area contributed by atoms with Crippen molar-refractivity contribution in [3.8, 4) is 0 Å². The zero-order valence-corrected chi connectivity index (χ0v) is 14.5. The largest absolute Gasteiger partial charge is 0.354 e. The van der Waals surface area contributed by atoms with Gasteiger partial charge in [-0.05, 0) is 19.3 Å². The molecule has 0 bridgehead atoms. The van der Waals surface area contributed by atoms with E-state index in [1.807, 2.05) is 24.7 Å². The summed E-state index contributed by atoms with van der Waals surface area (Å²) in [7, 11) is 3.06. The summed E-state index contributed by atoms with van der Waals surface area (Å²) in [6.07, 6.45) is 8.00. The molecule has 1 aliphatic carbocycles. The standard InChI is InChI=1S/C15H27N5OS/c1-4-22(21)13-7-5-6-12(10-13)19-15(16-2)18-11-14-17-8-9-20(14)3/h8-9,12-13H,4-7,10-11H2,1-3H3,(H2,16,18,19). The number of rotatable bonds is 5. The quantitative estimate of drug-likeness (QED) is 0.630. The molecule has 0 aliphatic heterocycles. The van der Waals surface area contributed by atoms with Crippen molar-refractivity contribution >= 4 is 16.8 Å². The van der Waals surface area contributed by atoms with Crippen molar-refractivity contribution in [2.75, 3.05) is 12.8 Å². The number of aryl methyl sites for hydroxylation is 1. The van der Waals surface area contributed by atoms with Gasteiger partial charge in [-0.1, -0.05) is 13.3 Å². The minimum absolute atomic E-state index is 0.323. The van der Waals surface area contributed by atoms with E-state index < -0.39 is 10.8 Å². The molecule has 3 atom stereocenters. The lowest BCUT2D eigenvalue weighted by molar-refractivity contribution is 0.413. The molecule has 2 N–H and O–H groups in total. The molecule has 0 radical (unpaired) electrons. The highest BCUT2D eigenvalue weighted by Crippen LogP contribution is 2.22. The van der Waals surface area contributed by atoms with Crippen LogP contribution in [0.5, 0.6) is 0 Å². The third-order valence-corrected chi connectivity index (χ3v) is 5.92. The van der Waals surface area contributed by atoms with Crippen LogP contribution in [0.15, 0.2) is 17.4 Å². The summed E-state index contributed by atoms with van der Waals surface area (Å²) in [6, 6.07) is 0.349. The molecular weight excluding hydrogens is 298 g/mol. The Kier molecular flexibility index (Phi) is 6.42. The molecule has 3 unspecified atom stereocenters. The van der Waals surface area contributed by atoms with Crippen molar-refractivity contribution in [2.24, 2.45) is 12.0 Å². The van der Waals surface area contributed by atoms with E-state index in [0.29, 0.717) is 17.8 Å². The highest BCUT2D eigenvalue weighted by molar-refractivity contribution is 7.85. The van der Waals surface area contributed by atoms with Crippen LogP contribution < -0.4 is 10.6 Å². The molecule has 22 heavy (non-hydrogen) atoms. The summed E-state index contributed by atoms with van der Waals surface area (Å²) in [4.78, 5) is 8.58. The molecule has 7 heteroatoms. The highest BCUT2D eigenvalue weighted by Gasteiger charge is 2.26. The molecule has 124 valence electrons. The fourth-order valence-corrected chi connectivity index (χ4v) is 4.22. The average Bonchev–Trinajstić information content (AvgIpc) is 2.96. The number of aromatic nitrogens is 2. The van der Waals surface area contributed by atoms with Gasteiger partial charge in [0.2, 0.25) is 0 Å². The molecule has 2 rings (SSSR count). The Hall–Kier alpha value is -1.37. The number of nitrogens with zero attached hydrogens (tertiary/aromatic N) is 3. The van der Waals surface area contributed by atoms with E-state index in [1.165, 1.54) is 0 Å². The summed E-state index contributed by atoms with van der Waals surface area (Å²) in [6.45, 7) is 2.64. The van der Waals surface area contributed by atoms with Crippen LogP contribution in [0.2, 0.25) is 0 Å². The van der Waals surface area contributed by atoms with Crippen molar-refractivity contribution in [3.05, 3.63) is 18.2 Å². The zero-order chi connectivity index (χ0) is 15.9. The number of imidazole rings is 1. The second-order valence-electron chi connectivity index (χ2n) is 5.68. The Morgan fingerprint density at radius 2 is 2.36 bits per heavy atom. The normalized spacial score (nSPS) is 24.0. The van der Waals surface area contributed by atoms with Gasteiger partial charge >= 0.3 is 0 Å². The molecule has 0 saturated heterocycles. The number of guanidine groups is 1. The molecule has 0 spiro atoms. The van der Waals surface area contributed by atoms with Gasteiger partial charge in [0.1, 0.15) is 5.82 Å². The minimum atomic E-state index is -0.696. The highest BCUT2D eigenvalue weighted by atomic mass is 32.2. The Morgan fingerprint density at radius 3 is 3.00 bits per heavy atom. The van der Waals surface area contributed by atoms with Crippen molar-refractivity contribution in [1.29, 1.82) is 0 Å². The maximum Gasteiger partial charge on any atom is 0.191 e. The molecule has 1 aromatic heterocycles. The molecular formula is C15H27N5OS. The lowest BCUT2D eigenvalue weighted by Gasteiger charge is -2.30. The molecule has 1 heterocycles. The molecule has 1 saturated carbocycles. The molecule has 0 aromatic carbocycles. The van der Waals surface area contributed by atoms with E-state index in [1.54, 1.807) is 13.2 Å². The van der Waals surface area contributed by atoms with E-state index in [9.17, 15) is 4.21 Å². The molecule has 1 aromatic rings. The van der Waals surface area contributed by atoms with Crippen LogP contribution in [0.3, 0.4) is 0 Å². The van der Waals surface area contributed by atoms with Gasteiger partial charge in [-0.15, -0.1) is 0 Å². The first-order valence-corrected chi connectivity index (χ1v) is 9.32. The number of nitrogens with one attached hydrogen (secondary N) is 2. The topological polar surface area (TPSA) is 71.3 Å². The number of hydrogen-bond donors (Lipinski definition) is 2. The van der Waals surface area contributed by atoms with Gasteiger partial charge in [0, 0.05) is 54.3 Å². The Morgan fingerprint density at radius 1 is 1.55 bits per heavy atom. The average molecular weight is 325 g/mol. The van der Waals surface area contributed by atoms with Gasteiger partial charge in [0.15, 0.2) is 5.96 Å². The Bertz CT molecular complexity index is 528. The summed E-state index contributed by atoms with van der Waals surface area (Å²) >= 11 is 0. The lowest BCUT2D eigenvalue weighted by Crippen LogP contribution is -2.46. The van der Waals surface area contributed by atoms with E-state index in [2.05, 4.69) is 20.6 Å². The maximum absolute atomic E-state index is 12.0. The fourth-order valence-electron chi connectivity index (χ4n) is 2.87. The summed E-state index contributed by atoms with van der Waals surface area (Å²) in [5, 5.41) is 7.08. The minimum Gasteiger partial charge on any atom is -0.354 e. The summed E-state index contributed by atoms with van der Waals surface area (Å²) in [5.41, 5.74) is 0. The molecule has 6 nitrogen and oxygen atoms in total. The molecule has 1 fully saturated rings. The lowest BCUT2D eigenvalue weighted by atomic mass is 9.95. The van der Waals surface area contributed by atoms with Gasteiger partial charge in [-0.3, -0.25) is 9.20 Å². The predicted octanol–water partition coefficient (Wildman–Crippen LogP) is 1.16. The predicted molar refractivity (Wildman–Crippen MR) is 91.3 cm³/mol. The van der Waals surface area contributed by atoms with Crippen LogP contribution in [-0.4, -0.2) is 43.8 Å². The van der Waals surface area contributed by atoms with Gasteiger partial charge in [-0.2, -0.15) is 0 Å². The van der Waals surface area contributed by atoms with Gasteiger partial charge in [0.25, 0.3) is 0 Å². The second kappa shape index (κ2) is 8.31. The fraction of sp³-hybridized carbons (Fsp3) is 0.733. The zero-order valence-electron chi connectivity index (χ0n) is 13.7. The first kappa shape index (κ1) is 17.0. The van der Waals surface area contributed by atoms with E-state index in [4.69, 9.17) is 0 Å². The van der Waals surface area contributed by atoms with Crippen molar-refractivity contribution < 1.29 is 4.21 Å². The summed E-state index contributed by atoms with van der Waals surface area (Å²) < 4.78 is 14.0. The Balaban J connectivity index is 1.85. The van der Waals surface area contributed by atoms with Gasteiger partial charge in [-0.25, -0.2) is 4.98 Å². The summed E-state index contributed by atoms with van der Waals surface area (Å²) in [5.74, 6) is 2.51. The first-order chi connectivity index (χ1) is 10.6. The van der Waals surface area contributed by atoms with E-state index in [-0.39, 0.29) is 0 Å². The first-order valence-electron chi connectivity index (χ1n) is 7.94. The maximum atomic E-state index is 12.0. The molecule has 0 amide bonds. The number of hydrogen-bond acceptors (Lipinski definition) is 3. The smallest absolute Gasteiger partial charge is 0.191 e. The van der Waals surface area contributed by atoms with Crippen molar-refractivity contribution in [2.45, 2.75) is 50.4 Å². The second-order valence-corrected chi connectivity index (χ2v) is 7.68. The third kappa shape index (κ3) is 4.56.